The number of hydrogen-bond donors (Lipinski definition) is 1. The number of nitrogens with one attached hydrogen (secondary N) is 1. The van der Waals surface area contributed by atoms with Crippen LogP contribution in [0.5, 0.6) is 0 Å². The van der Waals surface area contributed by atoms with Crippen molar-refractivity contribution in [2.45, 2.75) is 12.8 Å². The van der Waals surface area contributed by atoms with E-state index >= 15 is 0 Å². The standard InChI is InChI=1S/C13H15FN2/c14-13-4-12(7-16-8-13)9-1-2-10-5-15-6-11(10)3-9/h1,4,7-8,10-11,15H,2-3,5-6H2/t10-,11+/m0/s1. The van der Waals surface area contributed by atoms with Crippen LogP contribution in [-0.2, 0) is 0 Å². The largest absolute Gasteiger partial charge is 0.316 e. The summed E-state index contributed by atoms with van der Waals surface area (Å²) in [7, 11) is 0. The Morgan fingerprint density at radius 3 is 3.00 bits per heavy atom. The van der Waals surface area contributed by atoms with E-state index in [2.05, 4.69) is 16.4 Å². The van der Waals surface area contributed by atoms with Crippen molar-refractivity contribution in [2.24, 2.45) is 11.8 Å². The third-order valence-electron chi connectivity index (χ3n) is 3.70. The highest BCUT2D eigenvalue weighted by molar-refractivity contribution is 5.66. The van der Waals surface area contributed by atoms with E-state index in [9.17, 15) is 4.39 Å². The number of fused-ring (bicyclic) bond motifs is 1. The van der Waals surface area contributed by atoms with Gasteiger partial charge in [-0.05, 0) is 55.0 Å². The Morgan fingerprint density at radius 1 is 1.25 bits per heavy atom. The second kappa shape index (κ2) is 3.98. The van der Waals surface area contributed by atoms with Crippen LogP contribution in [0.15, 0.2) is 24.5 Å². The molecule has 0 unspecified atom stereocenters. The van der Waals surface area contributed by atoms with Gasteiger partial charge in [-0.15, -0.1) is 0 Å². The average molecular weight is 218 g/mol. The summed E-state index contributed by atoms with van der Waals surface area (Å²) in [6.07, 6.45) is 7.45. The second-order valence-electron chi connectivity index (χ2n) is 4.74. The van der Waals surface area contributed by atoms with Crippen molar-refractivity contribution in [3.63, 3.8) is 0 Å². The summed E-state index contributed by atoms with van der Waals surface area (Å²) >= 11 is 0. The molecule has 3 heteroatoms. The van der Waals surface area contributed by atoms with Crippen molar-refractivity contribution in [1.29, 1.82) is 0 Å². The van der Waals surface area contributed by atoms with Gasteiger partial charge in [0.25, 0.3) is 0 Å². The number of aromatic nitrogens is 1. The topological polar surface area (TPSA) is 24.9 Å². The predicted molar refractivity (Wildman–Crippen MR) is 61.3 cm³/mol. The summed E-state index contributed by atoms with van der Waals surface area (Å²) in [5.41, 5.74) is 2.21. The van der Waals surface area contributed by atoms with E-state index < -0.39 is 0 Å². The fourth-order valence-corrected chi connectivity index (χ4v) is 2.78. The first kappa shape index (κ1) is 9.97. The highest BCUT2D eigenvalue weighted by atomic mass is 19.1. The Labute approximate surface area is 94.6 Å². The lowest BCUT2D eigenvalue weighted by molar-refractivity contribution is 0.417. The maximum absolute atomic E-state index is 13.1. The van der Waals surface area contributed by atoms with Crippen LogP contribution in [0, 0.1) is 17.7 Å². The van der Waals surface area contributed by atoms with E-state index in [4.69, 9.17) is 0 Å². The molecule has 0 amide bonds. The van der Waals surface area contributed by atoms with E-state index in [1.54, 1.807) is 12.3 Å². The van der Waals surface area contributed by atoms with Gasteiger partial charge in [0, 0.05) is 6.20 Å². The Balaban J connectivity index is 1.85. The molecule has 2 aliphatic rings. The molecule has 1 saturated heterocycles. The first-order valence-corrected chi connectivity index (χ1v) is 5.83. The van der Waals surface area contributed by atoms with Gasteiger partial charge in [0.2, 0.25) is 0 Å². The molecule has 1 aromatic rings. The molecule has 0 bridgehead atoms. The summed E-state index contributed by atoms with van der Waals surface area (Å²) < 4.78 is 13.1. The van der Waals surface area contributed by atoms with Crippen LogP contribution in [0.4, 0.5) is 4.39 Å². The van der Waals surface area contributed by atoms with Gasteiger partial charge in [0.05, 0.1) is 6.20 Å². The van der Waals surface area contributed by atoms with Crippen molar-refractivity contribution < 1.29 is 4.39 Å². The number of allylic oxidation sites excluding steroid dienone is 2. The normalized spacial score (nSPS) is 28.7. The molecule has 16 heavy (non-hydrogen) atoms. The van der Waals surface area contributed by atoms with Crippen molar-refractivity contribution >= 4 is 5.57 Å². The smallest absolute Gasteiger partial charge is 0.142 e. The van der Waals surface area contributed by atoms with E-state index in [1.165, 1.54) is 11.8 Å². The Kier molecular flexibility index (Phi) is 2.48. The lowest BCUT2D eigenvalue weighted by Crippen LogP contribution is -2.16. The minimum atomic E-state index is -0.245. The number of hydrogen-bond acceptors (Lipinski definition) is 2. The molecule has 1 fully saturated rings. The van der Waals surface area contributed by atoms with Gasteiger partial charge in [0.15, 0.2) is 0 Å². The van der Waals surface area contributed by atoms with Gasteiger partial charge in [0.1, 0.15) is 5.82 Å². The first-order chi connectivity index (χ1) is 7.83. The van der Waals surface area contributed by atoms with Crippen molar-refractivity contribution in [3.05, 3.63) is 35.9 Å². The minimum Gasteiger partial charge on any atom is -0.316 e. The molecule has 1 aliphatic heterocycles. The van der Waals surface area contributed by atoms with Gasteiger partial charge in [-0.25, -0.2) is 4.39 Å². The quantitative estimate of drug-likeness (QED) is 0.782. The molecule has 2 atom stereocenters. The predicted octanol–water partition coefficient (Wildman–Crippen LogP) is 2.23. The maximum atomic E-state index is 13.1. The van der Waals surface area contributed by atoms with Crippen LogP contribution >= 0.6 is 0 Å². The molecule has 0 aromatic carbocycles. The zero-order valence-electron chi connectivity index (χ0n) is 9.12. The average Bonchev–Trinajstić information content (AvgIpc) is 2.75. The molecule has 84 valence electrons. The SMILES string of the molecule is Fc1cncc(C2=CC[C@H]3CNC[C@H]3C2)c1. The summed E-state index contributed by atoms with van der Waals surface area (Å²) in [5, 5.41) is 3.42. The monoisotopic (exact) mass is 218 g/mol. The minimum absolute atomic E-state index is 0.245. The Bertz CT molecular complexity index is 428. The zero-order valence-corrected chi connectivity index (χ0v) is 9.12. The number of rotatable bonds is 1. The zero-order chi connectivity index (χ0) is 11.0. The van der Waals surface area contributed by atoms with Crippen LogP contribution in [0.25, 0.3) is 5.57 Å². The van der Waals surface area contributed by atoms with Crippen LogP contribution < -0.4 is 5.32 Å². The van der Waals surface area contributed by atoms with Gasteiger partial charge in [-0.2, -0.15) is 0 Å². The van der Waals surface area contributed by atoms with Gasteiger partial charge in [-0.3, -0.25) is 4.98 Å². The molecular formula is C13H15FN2. The summed E-state index contributed by atoms with van der Waals surface area (Å²) in [5.74, 6) is 1.26. The van der Waals surface area contributed by atoms with Crippen LogP contribution in [0.1, 0.15) is 18.4 Å². The lowest BCUT2D eigenvalue weighted by Gasteiger charge is -2.24. The molecule has 0 spiro atoms. The third kappa shape index (κ3) is 1.76. The van der Waals surface area contributed by atoms with E-state index in [0.29, 0.717) is 0 Å². The summed E-state index contributed by atoms with van der Waals surface area (Å²) in [6.45, 7) is 2.24. The molecular weight excluding hydrogens is 203 g/mol. The molecule has 1 N–H and O–H groups in total. The molecule has 2 nitrogen and oxygen atoms in total. The van der Waals surface area contributed by atoms with Gasteiger partial charge >= 0.3 is 0 Å². The fraction of sp³-hybridized carbons (Fsp3) is 0.462. The van der Waals surface area contributed by atoms with Crippen LogP contribution in [0.2, 0.25) is 0 Å². The first-order valence-electron chi connectivity index (χ1n) is 5.83. The summed E-state index contributed by atoms with van der Waals surface area (Å²) in [6, 6.07) is 1.58. The Hall–Kier alpha value is -1.22. The van der Waals surface area contributed by atoms with Crippen LogP contribution in [0.3, 0.4) is 0 Å². The molecule has 1 aliphatic carbocycles. The van der Waals surface area contributed by atoms with E-state index in [-0.39, 0.29) is 5.82 Å². The summed E-state index contributed by atoms with van der Waals surface area (Å²) in [4.78, 5) is 3.91. The molecule has 2 heterocycles. The lowest BCUT2D eigenvalue weighted by atomic mass is 9.80. The number of pyridine rings is 1. The van der Waals surface area contributed by atoms with Crippen molar-refractivity contribution in [1.82, 2.24) is 10.3 Å². The van der Waals surface area contributed by atoms with Crippen molar-refractivity contribution in [3.8, 4) is 0 Å². The fourth-order valence-electron chi connectivity index (χ4n) is 2.78. The van der Waals surface area contributed by atoms with Gasteiger partial charge < -0.3 is 5.32 Å². The second-order valence-corrected chi connectivity index (χ2v) is 4.74. The highest BCUT2D eigenvalue weighted by Crippen LogP contribution is 2.36. The molecule has 0 radical (unpaired) electrons. The van der Waals surface area contributed by atoms with Crippen LogP contribution in [-0.4, -0.2) is 18.1 Å². The van der Waals surface area contributed by atoms with E-state index in [1.807, 2.05) is 0 Å². The molecule has 3 rings (SSSR count). The van der Waals surface area contributed by atoms with Gasteiger partial charge in [-0.1, -0.05) is 6.08 Å². The van der Waals surface area contributed by atoms with E-state index in [0.717, 1.165) is 43.3 Å². The third-order valence-corrected chi connectivity index (χ3v) is 3.70. The molecule has 0 saturated carbocycles. The number of nitrogens with zero attached hydrogens (tertiary/aromatic N) is 1. The number of halogens is 1. The molecule has 1 aromatic heterocycles. The highest BCUT2D eigenvalue weighted by Gasteiger charge is 2.30. The van der Waals surface area contributed by atoms with Crippen molar-refractivity contribution in [2.75, 3.05) is 13.1 Å². The Morgan fingerprint density at radius 2 is 2.12 bits per heavy atom. The maximum Gasteiger partial charge on any atom is 0.142 e.